The third-order valence-corrected chi connectivity index (χ3v) is 3.31. The Kier molecular flexibility index (Phi) is 5.29. The molecule has 92 valence electrons. The summed E-state index contributed by atoms with van der Waals surface area (Å²) in [6.07, 6.45) is 4.88. The molecule has 0 bridgehead atoms. The molecular weight excluding hydrogens is 206 g/mol. The number of aliphatic carboxylic acids is 1. The summed E-state index contributed by atoms with van der Waals surface area (Å²) in [6, 6.07) is 0. The van der Waals surface area contributed by atoms with E-state index in [1.54, 1.807) is 0 Å². The van der Waals surface area contributed by atoms with E-state index < -0.39 is 5.97 Å². The van der Waals surface area contributed by atoms with E-state index in [0.717, 1.165) is 25.7 Å². The standard InChI is InChI=1S/C12H21NO3/c1-9-5-4-6-10(9)12(16)13-8-3-2-7-11(14)15/h9-10H,2-8H2,1H3,(H,13,16)(H,14,15). The highest BCUT2D eigenvalue weighted by Crippen LogP contribution is 2.31. The summed E-state index contributed by atoms with van der Waals surface area (Å²) in [5.74, 6) is 0.0644. The quantitative estimate of drug-likeness (QED) is 0.680. The van der Waals surface area contributed by atoms with Crippen molar-refractivity contribution in [2.24, 2.45) is 11.8 Å². The smallest absolute Gasteiger partial charge is 0.303 e. The van der Waals surface area contributed by atoms with Crippen LogP contribution in [0.3, 0.4) is 0 Å². The highest BCUT2D eigenvalue weighted by atomic mass is 16.4. The molecular formula is C12H21NO3. The Hall–Kier alpha value is -1.06. The molecule has 2 unspecified atom stereocenters. The molecule has 1 amide bonds. The van der Waals surface area contributed by atoms with Crippen LogP contribution in [-0.2, 0) is 9.59 Å². The zero-order chi connectivity index (χ0) is 12.0. The van der Waals surface area contributed by atoms with E-state index in [4.69, 9.17) is 5.11 Å². The molecule has 0 radical (unpaired) electrons. The molecule has 0 spiro atoms. The van der Waals surface area contributed by atoms with Gasteiger partial charge in [0.1, 0.15) is 0 Å². The Balaban J connectivity index is 2.08. The molecule has 0 saturated heterocycles. The van der Waals surface area contributed by atoms with Crippen molar-refractivity contribution in [2.45, 2.75) is 45.4 Å². The number of hydrogen-bond acceptors (Lipinski definition) is 2. The van der Waals surface area contributed by atoms with Crippen LogP contribution in [0, 0.1) is 11.8 Å². The molecule has 0 aromatic heterocycles. The maximum atomic E-state index is 11.7. The number of hydrogen-bond donors (Lipinski definition) is 2. The minimum Gasteiger partial charge on any atom is -0.481 e. The van der Waals surface area contributed by atoms with Gasteiger partial charge in [-0.15, -0.1) is 0 Å². The van der Waals surface area contributed by atoms with E-state index in [1.807, 2.05) is 0 Å². The monoisotopic (exact) mass is 227 g/mol. The van der Waals surface area contributed by atoms with Gasteiger partial charge in [-0.05, 0) is 31.6 Å². The molecule has 2 N–H and O–H groups in total. The summed E-state index contributed by atoms with van der Waals surface area (Å²) in [5.41, 5.74) is 0. The maximum absolute atomic E-state index is 11.7. The molecule has 1 fully saturated rings. The first-order valence-electron chi connectivity index (χ1n) is 6.10. The van der Waals surface area contributed by atoms with Gasteiger partial charge < -0.3 is 10.4 Å². The zero-order valence-electron chi connectivity index (χ0n) is 9.87. The predicted molar refractivity (Wildman–Crippen MR) is 61.0 cm³/mol. The van der Waals surface area contributed by atoms with Gasteiger partial charge in [0.15, 0.2) is 0 Å². The lowest BCUT2D eigenvalue weighted by Crippen LogP contribution is -2.32. The molecule has 4 nitrogen and oxygen atoms in total. The van der Waals surface area contributed by atoms with E-state index in [1.165, 1.54) is 0 Å². The Morgan fingerprint density at radius 2 is 2.06 bits per heavy atom. The third-order valence-electron chi connectivity index (χ3n) is 3.31. The van der Waals surface area contributed by atoms with Crippen molar-refractivity contribution in [1.29, 1.82) is 0 Å². The van der Waals surface area contributed by atoms with E-state index in [9.17, 15) is 9.59 Å². The Labute approximate surface area is 96.4 Å². The first kappa shape index (κ1) is 13.0. The molecule has 0 heterocycles. The van der Waals surface area contributed by atoms with Crippen LogP contribution in [0.4, 0.5) is 0 Å². The van der Waals surface area contributed by atoms with Gasteiger partial charge in [-0.3, -0.25) is 9.59 Å². The highest BCUT2D eigenvalue weighted by Gasteiger charge is 2.29. The number of carbonyl (C=O) groups excluding carboxylic acids is 1. The van der Waals surface area contributed by atoms with Crippen molar-refractivity contribution in [3.8, 4) is 0 Å². The van der Waals surface area contributed by atoms with E-state index in [0.29, 0.717) is 18.9 Å². The molecule has 4 heteroatoms. The number of nitrogens with one attached hydrogen (secondary N) is 1. The summed E-state index contributed by atoms with van der Waals surface area (Å²) in [4.78, 5) is 22.0. The minimum absolute atomic E-state index is 0.153. The number of amides is 1. The second kappa shape index (κ2) is 6.51. The second-order valence-electron chi connectivity index (χ2n) is 4.66. The largest absolute Gasteiger partial charge is 0.481 e. The first-order valence-corrected chi connectivity index (χ1v) is 6.10. The fourth-order valence-electron chi connectivity index (χ4n) is 2.28. The van der Waals surface area contributed by atoms with Crippen molar-refractivity contribution >= 4 is 11.9 Å². The average molecular weight is 227 g/mol. The summed E-state index contributed by atoms with van der Waals surface area (Å²) in [5, 5.41) is 11.3. The van der Waals surface area contributed by atoms with Gasteiger partial charge in [0, 0.05) is 18.9 Å². The van der Waals surface area contributed by atoms with Crippen molar-refractivity contribution < 1.29 is 14.7 Å². The van der Waals surface area contributed by atoms with Gasteiger partial charge in [0.25, 0.3) is 0 Å². The SMILES string of the molecule is CC1CCCC1C(=O)NCCCCC(=O)O. The lowest BCUT2D eigenvalue weighted by Gasteiger charge is -2.14. The van der Waals surface area contributed by atoms with Gasteiger partial charge >= 0.3 is 5.97 Å². The lowest BCUT2D eigenvalue weighted by molar-refractivity contribution is -0.137. The predicted octanol–water partition coefficient (Wildman–Crippen LogP) is 1.79. The van der Waals surface area contributed by atoms with Crippen LogP contribution in [0.1, 0.15) is 45.4 Å². The average Bonchev–Trinajstić information content (AvgIpc) is 2.63. The molecule has 1 aliphatic rings. The zero-order valence-corrected chi connectivity index (χ0v) is 9.87. The molecule has 1 aliphatic carbocycles. The van der Waals surface area contributed by atoms with Crippen molar-refractivity contribution in [1.82, 2.24) is 5.32 Å². The summed E-state index contributed by atoms with van der Waals surface area (Å²) in [7, 11) is 0. The van der Waals surface area contributed by atoms with Crippen LogP contribution in [0.15, 0.2) is 0 Å². The van der Waals surface area contributed by atoms with Crippen molar-refractivity contribution in [3.05, 3.63) is 0 Å². The van der Waals surface area contributed by atoms with Crippen LogP contribution >= 0.6 is 0 Å². The number of carboxylic acid groups (broad SMARTS) is 1. The maximum Gasteiger partial charge on any atom is 0.303 e. The van der Waals surface area contributed by atoms with Crippen LogP contribution in [0.5, 0.6) is 0 Å². The van der Waals surface area contributed by atoms with Gasteiger partial charge in [0.05, 0.1) is 0 Å². The fraction of sp³-hybridized carbons (Fsp3) is 0.833. The molecule has 2 atom stereocenters. The van der Waals surface area contributed by atoms with E-state index in [-0.39, 0.29) is 18.2 Å². The molecule has 0 aromatic carbocycles. The normalized spacial score (nSPS) is 24.3. The van der Waals surface area contributed by atoms with Crippen molar-refractivity contribution in [3.63, 3.8) is 0 Å². The number of carboxylic acids is 1. The van der Waals surface area contributed by atoms with Crippen LogP contribution < -0.4 is 5.32 Å². The fourth-order valence-corrected chi connectivity index (χ4v) is 2.28. The van der Waals surface area contributed by atoms with Gasteiger partial charge in [0.2, 0.25) is 5.91 Å². The first-order chi connectivity index (χ1) is 7.61. The number of rotatable bonds is 6. The number of carbonyl (C=O) groups is 2. The Morgan fingerprint density at radius 1 is 1.31 bits per heavy atom. The topological polar surface area (TPSA) is 66.4 Å². The number of unbranched alkanes of at least 4 members (excludes halogenated alkanes) is 1. The highest BCUT2D eigenvalue weighted by molar-refractivity contribution is 5.79. The Bertz CT molecular complexity index is 253. The van der Waals surface area contributed by atoms with E-state index >= 15 is 0 Å². The molecule has 16 heavy (non-hydrogen) atoms. The van der Waals surface area contributed by atoms with Gasteiger partial charge in [-0.25, -0.2) is 0 Å². The molecule has 1 rings (SSSR count). The summed E-state index contributed by atoms with van der Waals surface area (Å²) < 4.78 is 0. The van der Waals surface area contributed by atoms with Crippen LogP contribution in [0.25, 0.3) is 0 Å². The molecule has 1 saturated carbocycles. The minimum atomic E-state index is -0.768. The van der Waals surface area contributed by atoms with Crippen LogP contribution in [0.2, 0.25) is 0 Å². The summed E-state index contributed by atoms with van der Waals surface area (Å²) >= 11 is 0. The Morgan fingerprint density at radius 3 is 2.62 bits per heavy atom. The second-order valence-corrected chi connectivity index (χ2v) is 4.66. The third kappa shape index (κ3) is 4.21. The van der Waals surface area contributed by atoms with Gasteiger partial charge in [-0.1, -0.05) is 13.3 Å². The van der Waals surface area contributed by atoms with Crippen molar-refractivity contribution in [2.75, 3.05) is 6.54 Å². The van der Waals surface area contributed by atoms with Crippen LogP contribution in [-0.4, -0.2) is 23.5 Å². The molecule has 0 aromatic rings. The lowest BCUT2D eigenvalue weighted by atomic mass is 9.97. The summed E-state index contributed by atoms with van der Waals surface area (Å²) in [6.45, 7) is 2.73. The van der Waals surface area contributed by atoms with Gasteiger partial charge in [-0.2, -0.15) is 0 Å². The van der Waals surface area contributed by atoms with E-state index in [2.05, 4.69) is 12.2 Å². The molecule has 0 aliphatic heterocycles.